The van der Waals surface area contributed by atoms with Crippen LogP contribution in [0.15, 0.2) is 42.0 Å². The second kappa shape index (κ2) is 6.32. The third-order valence-corrected chi connectivity index (χ3v) is 4.51. The molecule has 4 nitrogen and oxygen atoms in total. The quantitative estimate of drug-likeness (QED) is 0.781. The lowest BCUT2D eigenvalue weighted by molar-refractivity contribution is 0.0958. The first-order valence-corrected chi connectivity index (χ1v) is 8.30. The van der Waals surface area contributed by atoms with Crippen molar-refractivity contribution in [3.8, 4) is 0 Å². The molecule has 114 valence electrons. The lowest BCUT2D eigenvalue weighted by atomic mass is 10.1. The van der Waals surface area contributed by atoms with Gasteiger partial charge < -0.3 is 9.88 Å². The van der Waals surface area contributed by atoms with Crippen LogP contribution in [0.3, 0.4) is 0 Å². The Labute approximate surface area is 133 Å². The van der Waals surface area contributed by atoms with Crippen LogP contribution in [0, 0.1) is 0 Å². The van der Waals surface area contributed by atoms with Crippen LogP contribution >= 0.6 is 11.3 Å². The molecule has 0 aliphatic heterocycles. The van der Waals surface area contributed by atoms with E-state index in [1.54, 1.807) is 0 Å². The summed E-state index contributed by atoms with van der Waals surface area (Å²) >= 11 is 1.46. The summed E-state index contributed by atoms with van der Waals surface area (Å²) in [5, 5.41) is 4.86. The number of benzene rings is 1. The van der Waals surface area contributed by atoms with E-state index in [1.165, 1.54) is 16.9 Å². The zero-order chi connectivity index (χ0) is 15.5. The van der Waals surface area contributed by atoms with E-state index in [9.17, 15) is 4.79 Å². The number of carbonyl (C=O) groups excluding carboxylic acids is 1. The molecule has 1 N–H and O–H groups in total. The highest BCUT2D eigenvalue weighted by atomic mass is 32.1. The Hall–Kier alpha value is -2.14. The smallest absolute Gasteiger partial charge is 0.261 e. The Morgan fingerprint density at radius 1 is 1.36 bits per heavy atom. The van der Waals surface area contributed by atoms with Crippen LogP contribution in [0.5, 0.6) is 0 Å². The van der Waals surface area contributed by atoms with Crippen LogP contribution in [0.25, 0.3) is 11.0 Å². The highest BCUT2D eigenvalue weighted by Crippen LogP contribution is 2.19. The Balaban J connectivity index is 1.63. The molecule has 0 fully saturated rings. The summed E-state index contributed by atoms with van der Waals surface area (Å²) in [6, 6.07) is 10.5. The number of aromatic nitrogens is 2. The maximum atomic E-state index is 11.9. The first-order chi connectivity index (χ1) is 10.6. The molecular formula is C17H19N3OS. The van der Waals surface area contributed by atoms with Gasteiger partial charge in [0.1, 0.15) is 0 Å². The maximum absolute atomic E-state index is 11.9. The molecule has 0 radical (unpaired) electrons. The fraction of sp³-hybridized carbons (Fsp3) is 0.294. The van der Waals surface area contributed by atoms with Crippen LogP contribution in [0.1, 0.15) is 35.1 Å². The van der Waals surface area contributed by atoms with Gasteiger partial charge >= 0.3 is 0 Å². The molecule has 0 atom stereocenters. The standard InChI is InChI=1S/C17H19N3OS/c1-12(2)20-11-19-14-10-13(5-6-15(14)20)7-8-18-17(21)16-4-3-9-22-16/h3-6,9-12H,7-8H2,1-2H3,(H,18,21). The normalized spacial score (nSPS) is 11.2. The summed E-state index contributed by atoms with van der Waals surface area (Å²) < 4.78 is 2.16. The number of carbonyl (C=O) groups is 1. The summed E-state index contributed by atoms with van der Waals surface area (Å²) in [4.78, 5) is 17.1. The van der Waals surface area contributed by atoms with Crippen molar-refractivity contribution >= 4 is 28.3 Å². The molecule has 3 aromatic rings. The minimum Gasteiger partial charge on any atom is -0.351 e. The Morgan fingerprint density at radius 2 is 2.23 bits per heavy atom. The monoisotopic (exact) mass is 313 g/mol. The number of imidazole rings is 1. The molecule has 0 spiro atoms. The van der Waals surface area contributed by atoms with E-state index in [-0.39, 0.29) is 5.91 Å². The van der Waals surface area contributed by atoms with Gasteiger partial charge in [-0.1, -0.05) is 12.1 Å². The zero-order valence-corrected chi connectivity index (χ0v) is 13.6. The molecular weight excluding hydrogens is 294 g/mol. The van der Waals surface area contributed by atoms with Crippen LogP contribution in [-0.4, -0.2) is 22.0 Å². The van der Waals surface area contributed by atoms with E-state index < -0.39 is 0 Å². The van der Waals surface area contributed by atoms with Crippen LogP contribution in [0.4, 0.5) is 0 Å². The average molecular weight is 313 g/mol. The molecule has 0 saturated heterocycles. The van der Waals surface area contributed by atoms with Crippen molar-refractivity contribution in [3.05, 3.63) is 52.5 Å². The Bertz CT molecular complexity index is 774. The SMILES string of the molecule is CC(C)n1cnc2cc(CCNC(=O)c3cccs3)ccc21. The number of nitrogens with zero attached hydrogens (tertiary/aromatic N) is 2. The summed E-state index contributed by atoms with van der Waals surface area (Å²) in [6.45, 7) is 4.93. The second-order valence-corrected chi connectivity index (χ2v) is 6.50. The van der Waals surface area contributed by atoms with E-state index in [2.05, 4.69) is 46.9 Å². The fourth-order valence-electron chi connectivity index (χ4n) is 2.46. The minimum absolute atomic E-state index is 0.000152. The number of hydrogen-bond acceptors (Lipinski definition) is 3. The van der Waals surface area contributed by atoms with Crippen molar-refractivity contribution < 1.29 is 4.79 Å². The van der Waals surface area contributed by atoms with Crippen LogP contribution in [-0.2, 0) is 6.42 Å². The number of amides is 1. The Morgan fingerprint density at radius 3 is 2.95 bits per heavy atom. The number of thiophene rings is 1. The topological polar surface area (TPSA) is 46.9 Å². The van der Waals surface area contributed by atoms with E-state index >= 15 is 0 Å². The number of nitrogens with one attached hydrogen (secondary N) is 1. The van der Waals surface area contributed by atoms with Crippen molar-refractivity contribution in [3.63, 3.8) is 0 Å². The van der Waals surface area contributed by atoms with Gasteiger partial charge in [-0.15, -0.1) is 11.3 Å². The summed E-state index contributed by atoms with van der Waals surface area (Å²) in [5.74, 6) is 0.000152. The molecule has 1 amide bonds. The molecule has 2 heterocycles. The molecule has 22 heavy (non-hydrogen) atoms. The van der Waals surface area contributed by atoms with E-state index in [0.29, 0.717) is 12.6 Å². The largest absolute Gasteiger partial charge is 0.351 e. The van der Waals surface area contributed by atoms with Crippen LogP contribution < -0.4 is 5.32 Å². The van der Waals surface area contributed by atoms with Crippen molar-refractivity contribution in [2.24, 2.45) is 0 Å². The third kappa shape index (κ3) is 3.04. The predicted octanol–water partition coefficient (Wildman–Crippen LogP) is 3.65. The third-order valence-electron chi connectivity index (χ3n) is 3.64. The van der Waals surface area contributed by atoms with Gasteiger partial charge in [0.25, 0.3) is 5.91 Å². The molecule has 2 aromatic heterocycles. The minimum atomic E-state index is 0.000152. The highest BCUT2D eigenvalue weighted by Gasteiger charge is 2.08. The van der Waals surface area contributed by atoms with Crippen molar-refractivity contribution in [1.82, 2.24) is 14.9 Å². The molecule has 5 heteroatoms. The van der Waals surface area contributed by atoms with Gasteiger partial charge in [0.05, 0.1) is 22.2 Å². The lowest BCUT2D eigenvalue weighted by Gasteiger charge is -2.08. The van der Waals surface area contributed by atoms with Gasteiger partial charge in [-0.05, 0) is 49.4 Å². The molecule has 0 bridgehead atoms. The summed E-state index contributed by atoms with van der Waals surface area (Å²) in [7, 11) is 0. The highest BCUT2D eigenvalue weighted by molar-refractivity contribution is 7.12. The molecule has 1 aromatic carbocycles. The van der Waals surface area contributed by atoms with Crippen molar-refractivity contribution in [2.75, 3.05) is 6.54 Å². The van der Waals surface area contributed by atoms with E-state index in [0.717, 1.165) is 22.3 Å². The number of rotatable bonds is 5. The van der Waals surface area contributed by atoms with Crippen molar-refractivity contribution in [1.29, 1.82) is 0 Å². The lowest BCUT2D eigenvalue weighted by Crippen LogP contribution is -2.24. The number of hydrogen-bond donors (Lipinski definition) is 1. The Kier molecular flexibility index (Phi) is 4.24. The summed E-state index contributed by atoms with van der Waals surface area (Å²) in [5.41, 5.74) is 3.35. The molecule has 0 saturated carbocycles. The molecule has 0 unspecified atom stereocenters. The predicted molar refractivity (Wildman–Crippen MR) is 90.5 cm³/mol. The van der Waals surface area contributed by atoms with Gasteiger partial charge in [-0.2, -0.15) is 0 Å². The summed E-state index contributed by atoms with van der Waals surface area (Å²) in [6.07, 6.45) is 2.69. The van der Waals surface area contributed by atoms with Gasteiger partial charge in [-0.25, -0.2) is 4.98 Å². The van der Waals surface area contributed by atoms with Crippen LogP contribution in [0.2, 0.25) is 0 Å². The van der Waals surface area contributed by atoms with Crippen molar-refractivity contribution in [2.45, 2.75) is 26.3 Å². The number of fused-ring (bicyclic) bond motifs is 1. The molecule has 0 aliphatic rings. The average Bonchev–Trinajstić information content (AvgIpc) is 3.16. The molecule has 3 rings (SSSR count). The van der Waals surface area contributed by atoms with E-state index in [4.69, 9.17) is 0 Å². The fourth-order valence-corrected chi connectivity index (χ4v) is 3.10. The van der Waals surface area contributed by atoms with E-state index in [1.807, 2.05) is 23.8 Å². The van der Waals surface area contributed by atoms with Gasteiger partial charge in [-0.3, -0.25) is 4.79 Å². The zero-order valence-electron chi connectivity index (χ0n) is 12.7. The van der Waals surface area contributed by atoms with Gasteiger partial charge in [0.2, 0.25) is 0 Å². The van der Waals surface area contributed by atoms with Gasteiger partial charge in [0.15, 0.2) is 0 Å². The van der Waals surface area contributed by atoms with Gasteiger partial charge in [0, 0.05) is 12.6 Å². The first kappa shape index (κ1) is 14.8. The molecule has 0 aliphatic carbocycles. The second-order valence-electron chi connectivity index (χ2n) is 5.55. The first-order valence-electron chi connectivity index (χ1n) is 7.42. The maximum Gasteiger partial charge on any atom is 0.261 e.